The first-order valence-corrected chi connectivity index (χ1v) is 7.60. The highest BCUT2D eigenvalue weighted by Crippen LogP contribution is 2.16. The van der Waals surface area contributed by atoms with Gasteiger partial charge in [0.05, 0.1) is 12.8 Å². The van der Waals surface area contributed by atoms with Gasteiger partial charge in [-0.15, -0.1) is 0 Å². The third-order valence-corrected chi connectivity index (χ3v) is 4.67. The zero-order valence-electron chi connectivity index (χ0n) is 11.2. The van der Waals surface area contributed by atoms with Gasteiger partial charge in [-0.1, -0.05) is 30.3 Å². The molecule has 108 valence electrons. The minimum Gasteiger partial charge on any atom is -0.383 e. The summed E-state index contributed by atoms with van der Waals surface area (Å²) in [5.41, 5.74) is 0.927. The maximum atomic E-state index is 12.5. The van der Waals surface area contributed by atoms with Crippen LogP contribution in [0.15, 0.2) is 47.6 Å². The van der Waals surface area contributed by atoms with Gasteiger partial charge in [-0.3, -0.25) is 5.10 Å². The lowest BCUT2D eigenvalue weighted by molar-refractivity contribution is 0.177. The second-order valence-electron chi connectivity index (χ2n) is 4.25. The van der Waals surface area contributed by atoms with Crippen LogP contribution in [0, 0.1) is 0 Å². The molecule has 0 aliphatic heterocycles. The highest BCUT2D eigenvalue weighted by atomic mass is 32.2. The summed E-state index contributed by atoms with van der Waals surface area (Å²) in [7, 11) is -2.02. The van der Waals surface area contributed by atoms with Crippen molar-refractivity contribution in [3.8, 4) is 0 Å². The summed E-state index contributed by atoms with van der Waals surface area (Å²) in [5, 5.41) is 6.22. The van der Waals surface area contributed by atoms with Crippen molar-refractivity contribution in [1.82, 2.24) is 14.5 Å². The van der Waals surface area contributed by atoms with Crippen molar-refractivity contribution in [2.45, 2.75) is 11.4 Å². The average Bonchev–Trinajstić information content (AvgIpc) is 2.99. The molecular weight excluding hydrogens is 278 g/mol. The fourth-order valence-corrected chi connectivity index (χ4v) is 3.11. The summed E-state index contributed by atoms with van der Waals surface area (Å²) < 4.78 is 31.4. The van der Waals surface area contributed by atoms with Crippen LogP contribution in [0.5, 0.6) is 0 Å². The summed E-state index contributed by atoms with van der Waals surface area (Å²) in [5.74, 6) is 0. The Hall–Kier alpha value is -1.70. The van der Waals surface area contributed by atoms with Gasteiger partial charge in [0.25, 0.3) is 0 Å². The topological polar surface area (TPSA) is 75.3 Å². The third kappa shape index (κ3) is 3.44. The molecular formula is C13H17N3O3S. The molecule has 0 unspecified atom stereocenters. The fraction of sp³-hybridized carbons (Fsp3) is 0.308. The minimum absolute atomic E-state index is 0.157. The van der Waals surface area contributed by atoms with Crippen LogP contribution in [0.25, 0.3) is 0 Å². The van der Waals surface area contributed by atoms with Crippen LogP contribution in [-0.4, -0.2) is 43.2 Å². The molecule has 0 saturated carbocycles. The largest absolute Gasteiger partial charge is 0.383 e. The molecule has 2 rings (SSSR count). The second kappa shape index (κ2) is 6.65. The van der Waals surface area contributed by atoms with E-state index in [0.29, 0.717) is 19.7 Å². The number of ether oxygens (including phenoxy) is 1. The maximum Gasteiger partial charge on any atom is 0.246 e. The third-order valence-electron chi connectivity index (χ3n) is 2.86. The van der Waals surface area contributed by atoms with E-state index < -0.39 is 10.0 Å². The smallest absolute Gasteiger partial charge is 0.246 e. The van der Waals surface area contributed by atoms with Gasteiger partial charge in [-0.2, -0.15) is 9.40 Å². The molecule has 7 heteroatoms. The highest BCUT2D eigenvalue weighted by Gasteiger charge is 2.25. The Morgan fingerprint density at radius 2 is 2.05 bits per heavy atom. The molecule has 0 aliphatic rings. The summed E-state index contributed by atoms with van der Waals surface area (Å²) in [6, 6.07) is 9.45. The van der Waals surface area contributed by atoms with Crippen LogP contribution in [0.2, 0.25) is 0 Å². The van der Waals surface area contributed by atoms with Crippen molar-refractivity contribution in [3.63, 3.8) is 0 Å². The molecule has 0 fully saturated rings. The number of aromatic nitrogens is 2. The minimum atomic E-state index is -3.57. The standard InChI is InChI=1S/C13H17N3O3S/c1-19-8-7-16(11-12-5-3-2-4-6-12)20(17,18)13-9-14-15-10-13/h2-6,9-10H,7-8,11H2,1H3,(H,14,15). The highest BCUT2D eigenvalue weighted by molar-refractivity contribution is 7.89. The summed E-state index contributed by atoms with van der Waals surface area (Å²) >= 11 is 0. The normalized spacial score (nSPS) is 11.9. The molecule has 0 atom stereocenters. The Bertz CT molecular complexity index is 612. The van der Waals surface area contributed by atoms with Gasteiger partial charge in [0.1, 0.15) is 4.90 Å². The number of sulfonamides is 1. The second-order valence-corrected chi connectivity index (χ2v) is 6.19. The molecule has 0 bridgehead atoms. The van der Waals surface area contributed by atoms with E-state index in [1.165, 1.54) is 16.7 Å². The number of methoxy groups -OCH3 is 1. The van der Waals surface area contributed by atoms with Crippen LogP contribution < -0.4 is 0 Å². The molecule has 1 N–H and O–H groups in total. The number of nitrogens with zero attached hydrogens (tertiary/aromatic N) is 2. The van der Waals surface area contributed by atoms with Gasteiger partial charge < -0.3 is 4.74 Å². The Morgan fingerprint density at radius 3 is 2.65 bits per heavy atom. The molecule has 1 aromatic carbocycles. The van der Waals surface area contributed by atoms with Gasteiger partial charge in [0, 0.05) is 26.4 Å². The van der Waals surface area contributed by atoms with Gasteiger partial charge >= 0.3 is 0 Å². The molecule has 0 aliphatic carbocycles. The number of benzene rings is 1. The SMILES string of the molecule is COCCN(Cc1ccccc1)S(=O)(=O)c1cn[nH]c1. The average molecular weight is 295 g/mol. The first kappa shape index (κ1) is 14.7. The zero-order chi connectivity index (χ0) is 14.4. The van der Waals surface area contributed by atoms with Crippen molar-refractivity contribution < 1.29 is 13.2 Å². The number of H-pyrrole nitrogens is 1. The Kier molecular flexibility index (Phi) is 4.89. The van der Waals surface area contributed by atoms with Crippen molar-refractivity contribution in [1.29, 1.82) is 0 Å². The van der Waals surface area contributed by atoms with E-state index in [1.807, 2.05) is 30.3 Å². The molecule has 0 saturated heterocycles. The number of hydrogen-bond donors (Lipinski definition) is 1. The van der Waals surface area contributed by atoms with E-state index in [-0.39, 0.29) is 4.90 Å². The predicted molar refractivity (Wildman–Crippen MR) is 74.5 cm³/mol. The lowest BCUT2D eigenvalue weighted by atomic mass is 10.2. The molecule has 0 amide bonds. The molecule has 0 radical (unpaired) electrons. The van der Waals surface area contributed by atoms with E-state index in [4.69, 9.17) is 4.74 Å². The van der Waals surface area contributed by atoms with Gasteiger partial charge in [-0.05, 0) is 5.56 Å². The monoisotopic (exact) mass is 295 g/mol. The number of rotatable bonds is 7. The fourth-order valence-electron chi connectivity index (χ4n) is 1.79. The van der Waals surface area contributed by atoms with Crippen molar-refractivity contribution in [3.05, 3.63) is 48.3 Å². The Labute approximate surface area is 118 Å². The predicted octanol–water partition coefficient (Wildman–Crippen LogP) is 1.25. The van der Waals surface area contributed by atoms with Crippen LogP contribution in [0.1, 0.15) is 5.56 Å². The van der Waals surface area contributed by atoms with Crippen molar-refractivity contribution in [2.24, 2.45) is 0 Å². The molecule has 1 aromatic heterocycles. The first-order chi connectivity index (χ1) is 9.64. The van der Waals surface area contributed by atoms with Crippen molar-refractivity contribution in [2.75, 3.05) is 20.3 Å². The number of aromatic amines is 1. The first-order valence-electron chi connectivity index (χ1n) is 6.16. The van der Waals surface area contributed by atoms with E-state index in [0.717, 1.165) is 5.56 Å². The molecule has 6 nitrogen and oxygen atoms in total. The molecule has 0 spiro atoms. The zero-order valence-corrected chi connectivity index (χ0v) is 12.0. The lowest BCUT2D eigenvalue weighted by Crippen LogP contribution is -2.33. The molecule has 2 aromatic rings. The van der Waals surface area contributed by atoms with Crippen molar-refractivity contribution >= 4 is 10.0 Å². The Morgan fingerprint density at radius 1 is 1.30 bits per heavy atom. The molecule has 1 heterocycles. The van der Waals surface area contributed by atoms with E-state index in [2.05, 4.69) is 10.2 Å². The number of nitrogens with one attached hydrogen (secondary N) is 1. The number of hydrogen-bond acceptors (Lipinski definition) is 4. The maximum absolute atomic E-state index is 12.5. The van der Waals surface area contributed by atoms with E-state index in [9.17, 15) is 8.42 Å². The van der Waals surface area contributed by atoms with E-state index in [1.54, 1.807) is 7.11 Å². The van der Waals surface area contributed by atoms with Gasteiger partial charge in [0.2, 0.25) is 10.0 Å². The van der Waals surface area contributed by atoms with Gasteiger partial charge in [0.15, 0.2) is 0 Å². The van der Waals surface area contributed by atoms with Crippen LogP contribution in [0.4, 0.5) is 0 Å². The van der Waals surface area contributed by atoms with Crippen LogP contribution >= 0.6 is 0 Å². The summed E-state index contributed by atoms with van der Waals surface area (Å²) in [6.45, 7) is 0.931. The quantitative estimate of drug-likeness (QED) is 0.834. The van der Waals surface area contributed by atoms with E-state index >= 15 is 0 Å². The molecule has 20 heavy (non-hydrogen) atoms. The van der Waals surface area contributed by atoms with Crippen LogP contribution in [0.3, 0.4) is 0 Å². The van der Waals surface area contributed by atoms with Gasteiger partial charge in [-0.25, -0.2) is 8.42 Å². The summed E-state index contributed by atoms with van der Waals surface area (Å²) in [6.07, 6.45) is 2.68. The van der Waals surface area contributed by atoms with Crippen LogP contribution in [-0.2, 0) is 21.3 Å². The Balaban J connectivity index is 2.23. The summed E-state index contributed by atoms with van der Waals surface area (Å²) in [4.78, 5) is 0.157. The lowest BCUT2D eigenvalue weighted by Gasteiger charge is -2.21.